The van der Waals surface area contributed by atoms with Crippen LogP contribution >= 0.6 is 0 Å². The lowest BCUT2D eigenvalue weighted by Gasteiger charge is -2.12. The Kier molecular flexibility index (Phi) is 6.01. The second kappa shape index (κ2) is 8.43. The maximum atomic E-state index is 12.6. The maximum absolute atomic E-state index is 12.6. The number of hydrogen-bond donors (Lipinski definition) is 1. The number of benzene rings is 2. The Labute approximate surface area is 159 Å². The first-order valence-corrected chi connectivity index (χ1v) is 10.4. The average Bonchev–Trinajstić information content (AvgIpc) is 3.23. The van der Waals surface area contributed by atoms with E-state index in [1.54, 1.807) is 55.6 Å². The van der Waals surface area contributed by atoms with E-state index in [0.717, 1.165) is 25.7 Å². The predicted octanol–water partition coefficient (Wildman–Crippen LogP) is 3.43. The van der Waals surface area contributed by atoms with E-state index in [-0.39, 0.29) is 17.8 Å². The quantitative estimate of drug-likeness (QED) is 0.785. The predicted molar refractivity (Wildman–Crippen MR) is 103 cm³/mol. The standard InChI is InChI=1S/C20H23NO5S/c1-25-16-8-10-17(11-9-16)26-14-20(22)21-15-6-12-19(13-7-15)27(23,24)18-4-2-3-5-18/h6-13,18H,2-5,14H2,1H3,(H,21,22). The maximum Gasteiger partial charge on any atom is 0.262 e. The zero-order chi connectivity index (χ0) is 19.3. The van der Waals surface area contributed by atoms with Gasteiger partial charge in [0.1, 0.15) is 11.5 Å². The van der Waals surface area contributed by atoms with Crippen LogP contribution in [-0.4, -0.2) is 33.3 Å². The number of rotatable bonds is 7. The van der Waals surface area contributed by atoms with Gasteiger partial charge in [0.15, 0.2) is 16.4 Å². The van der Waals surface area contributed by atoms with Gasteiger partial charge in [-0.05, 0) is 61.4 Å². The first kappa shape index (κ1) is 19.2. The molecule has 0 spiro atoms. The van der Waals surface area contributed by atoms with Crippen molar-refractivity contribution in [3.8, 4) is 11.5 Å². The Morgan fingerprint density at radius 3 is 2.19 bits per heavy atom. The number of amides is 1. The Hall–Kier alpha value is -2.54. The highest BCUT2D eigenvalue weighted by molar-refractivity contribution is 7.92. The molecule has 7 heteroatoms. The lowest BCUT2D eigenvalue weighted by atomic mass is 10.3. The van der Waals surface area contributed by atoms with Gasteiger partial charge >= 0.3 is 0 Å². The molecule has 1 amide bonds. The number of carbonyl (C=O) groups excluding carboxylic acids is 1. The fraction of sp³-hybridized carbons (Fsp3) is 0.350. The van der Waals surface area contributed by atoms with Crippen LogP contribution in [0.3, 0.4) is 0 Å². The average molecular weight is 389 g/mol. The summed E-state index contributed by atoms with van der Waals surface area (Å²) in [7, 11) is -1.71. The summed E-state index contributed by atoms with van der Waals surface area (Å²) in [6.45, 7) is -0.144. The van der Waals surface area contributed by atoms with Crippen molar-refractivity contribution >= 4 is 21.4 Å². The Balaban J connectivity index is 1.55. The minimum atomic E-state index is -3.28. The Morgan fingerprint density at radius 2 is 1.59 bits per heavy atom. The zero-order valence-electron chi connectivity index (χ0n) is 15.2. The molecule has 1 N–H and O–H groups in total. The van der Waals surface area contributed by atoms with Gasteiger partial charge in [-0.3, -0.25) is 4.79 Å². The van der Waals surface area contributed by atoms with Gasteiger partial charge in [-0.2, -0.15) is 0 Å². The molecule has 0 atom stereocenters. The minimum Gasteiger partial charge on any atom is -0.497 e. The van der Waals surface area contributed by atoms with Crippen LogP contribution in [0.5, 0.6) is 11.5 Å². The van der Waals surface area contributed by atoms with E-state index in [0.29, 0.717) is 22.1 Å². The highest BCUT2D eigenvalue weighted by atomic mass is 32.2. The molecule has 2 aromatic carbocycles. The van der Waals surface area contributed by atoms with Crippen LogP contribution in [-0.2, 0) is 14.6 Å². The molecule has 27 heavy (non-hydrogen) atoms. The van der Waals surface area contributed by atoms with Gasteiger partial charge in [-0.1, -0.05) is 12.8 Å². The van der Waals surface area contributed by atoms with E-state index in [1.807, 2.05) is 0 Å². The van der Waals surface area contributed by atoms with Crippen molar-refractivity contribution in [1.82, 2.24) is 0 Å². The van der Waals surface area contributed by atoms with Crippen LogP contribution in [0, 0.1) is 0 Å². The molecule has 0 aromatic heterocycles. The van der Waals surface area contributed by atoms with Gasteiger partial charge in [0.25, 0.3) is 5.91 Å². The lowest BCUT2D eigenvalue weighted by molar-refractivity contribution is -0.118. The molecule has 1 saturated carbocycles. The highest BCUT2D eigenvalue weighted by Crippen LogP contribution is 2.30. The van der Waals surface area contributed by atoms with E-state index < -0.39 is 9.84 Å². The molecule has 1 aliphatic carbocycles. The lowest BCUT2D eigenvalue weighted by Crippen LogP contribution is -2.20. The largest absolute Gasteiger partial charge is 0.497 e. The second-order valence-electron chi connectivity index (χ2n) is 6.49. The van der Waals surface area contributed by atoms with E-state index in [2.05, 4.69) is 5.32 Å². The summed E-state index contributed by atoms with van der Waals surface area (Å²) >= 11 is 0. The van der Waals surface area contributed by atoms with E-state index >= 15 is 0 Å². The smallest absolute Gasteiger partial charge is 0.262 e. The van der Waals surface area contributed by atoms with Crippen molar-refractivity contribution in [2.75, 3.05) is 19.0 Å². The summed E-state index contributed by atoms with van der Waals surface area (Å²) in [5.74, 6) is 0.945. The van der Waals surface area contributed by atoms with Gasteiger partial charge in [0.2, 0.25) is 0 Å². The molecule has 1 aliphatic rings. The van der Waals surface area contributed by atoms with Crippen molar-refractivity contribution < 1.29 is 22.7 Å². The fourth-order valence-electron chi connectivity index (χ4n) is 3.14. The molecule has 0 unspecified atom stereocenters. The van der Waals surface area contributed by atoms with E-state index in [9.17, 15) is 13.2 Å². The SMILES string of the molecule is COc1ccc(OCC(=O)Nc2ccc(S(=O)(=O)C3CCCC3)cc2)cc1. The van der Waals surface area contributed by atoms with Crippen LogP contribution in [0.15, 0.2) is 53.4 Å². The molecule has 3 rings (SSSR count). The van der Waals surface area contributed by atoms with Gasteiger partial charge in [-0.15, -0.1) is 0 Å². The monoisotopic (exact) mass is 389 g/mol. The van der Waals surface area contributed by atoms with Crippen LogP contribution in [0.1, 0.15) is 25.7 Å². The summed E-state index contributed by atoms with van der Waals surface area (Å²) in [6.07, 6.45) is 3.38. The summed E-state index contributed by atoms with van der Waals surface area (Å²) in [6, 6.07) is 13.2. The third-order valence-corrected chi connectivity index (χ3v) is 6.92. The Morgan fingerprint density at radius 1 is 1.00 bits per heavy atom. The summed E-state index contributed by atoms with van der Waals surface area (Å²) in [4.78, 5) is 12.3. The number of sulfone groups is 1. The van der Waals surface area contributed by atoms with Gasteiger partial charge < -0.3 is 14.8 Å². The van der Waals surface area contributed by atoms with Gasteiger partial charge in [0, 0.05) is 5.69 Å². The van der Waals surface area contributed by atoms with E-state index in [4.69, 9.17) is 9.47 Å². The first-order chi connectivity index (χ1) is 13.0. The third kappa shape index (κ3) is 4.80. The summed E-state index contributed by atoms with van der Waals surface area (Å²) in [5, 5.41) is 2.42. The number of methoxy groups -OCH3 is 1. The van der Waals surface area contributed by atoms with E-state index in [1.165, 1.54) is 0 Å². The number of carbonyl (C=O) groups is 1. The molecule has 0 heterocycles. The normalized spacial score (nSPS) is 14.7. The third-order valence-electron chi connectivity index (χ3n) is 4.64. The van der Waals surface area contributed by atoms with Gasteiger partial charge in [-0.25, -0.2) is 8.42 Å². The van der Waals surface area contributed by atoms with Crippen molar-refractivity contribution in [3.63, 3.8) is 0 Å². The topological polar surface area (TPSA) is 81.7 Å². The molecule has 6 nitrogen and oxygen atoms in total. The van der Waals surface area contributed by atoms with Crippen molar-refractivity contribution in [2.45, 2.75) is 35.8 Å². The molecule has 144 valence electrons. The van der Waals surface area contributed by atoms with Crippen molar-refractivity contribution in [2.24, 2.45) is 0 Å². The van der Waals surface area contributed by atoms with Crippen LogP contribution in [0.2, 0.25) is 0 Å². The molecular formula is C20H23NO5S. The number of anilines is 1. The number of ether oxygens (including phenoxy) is 2. The second-order valence-corrected chi connectivity index (χ2v) is 8.72. The number of nitrogens with one attached hydrogen (secondary N) is 1. The highest BCUT2D eigenvalue weighted by Gasteiger charge is 2.30. The molecular weight excluding hydrogens is 366 g/mol. The van der Waals surface area contributed by atoms with Crippen molar-refractivity contribution in [1.29, 1.82) is 0 Å². The van der Waals surface area contributed by atoms with Gasteiger partial charge in [0.05, 0.1) is 17.3 Å². The molecule has 0 aliphatic heterocycles. The van der Waals surface area contributed by atoms with Crippen molar-refractivity contribution in [3.05, 3.63) is 48.5 Å². The van der Waals surface area contributed by atoms with Crippen LogP contribution in [0.4, 0.5) is 5.69 Å². The zero-order valence-corrected chi connectivity index (χ0v) is 16.0. The molecule has 1 fully saturated rings. The Bertz CT molecular complexity index is 870. The summed E-state index contributed by atoms with van der Waals surface area (Å²) in [5.41, 5.74) is 0.531. The summed E-state index contributed by atoms with van der Waals surface area (Å²) < 4.78 is 35.6. The molecule has 2 aromatic rings. The molecule has 0 radical (unpaired) electrons. The minimum absolute atomic E-state index is 0.144. The first-order valence-electron chi connectivity index (χ1n) is 8.90. The van der Waals surface area contributed by atoms with Crippen LogP contribution < -0.4 is 14.8 Å². The molecule has 0 saturated heterocycles. The molecule has 0 bridgehead atoms. The number of hydrogen-bond acceptors (Lipinski definition) is 5. The fourth-order valence-corrected chi connectivity index (χ4v) is 4.99. The van der Waals surface area contributed by atoms with Crippen LogP contribution in [0.25, 0.3) is 0 Å².